The van der Waals surface area contributed by atoms with E-state index in [1.165, 1.54) is 11.3 Å². The van der Waals surface area contributed by atoms with Crippen molar-refractivity contribution in [1.82, 2.24) is 15.0 Å². The summed E-state index contributed by atoms with van der Waals surface area (Å²) in [4.78, 5) is 15.5. The van der Waals surface area contributed by atoms with Crippen LogP contribution >= 0.6 is 22.9 Å². The van der Waals surface area contributed by atoms with Crippen molar-refractivity contribution in [2.45, 2.75) is 49.9 Å². The normalized spacial score (nSPS) is 31.5. The third kappa shape index (κ3) is 3.12. The highest BCUT2D eigenvalue weighted by molar-refractivity contribution is 7.21. The van der Waals surface area contributed by atoms with Gasteiger partial charge in [0.1, 0.15) is 27.7 Å². The Morgan fingerprint density at radius 3 is 2.82 bits per heavy atom. The second-order valence-corrected chi connectivity index (χ2v) is 11.0. The first-order valence-electron chi connectivity index (χ1n) is 10.8. The van der Waals surface area contributed by atoms with Crippen molar-refractivity contribution in [1.29, 1.82) is 0 Å². The molecule has 3 heterocycles. The van der Waals surface area contributed by atoms with E-state index in [0.717, 1.165) is 15.9 Å². The number of halogens is 1. The lowest BCUT2D eigenvalue weighted by molar-refractivity contribution is -0.157. The van der Waals surface area contributed by atoms with E-state index in [1.807, 2.05) is 45.0 Å². The lowest BCUT2D eigenvalue weighted by Gasteiger charge is -2.25. The molecule has 1 spiro atoms. The summed E-state index contributed by atoms with van der Waals surface area (Å²) in [6.45, 7) is 3.74. The summed E-state index contributed by atoms with van der Waals surface area (Å²) >= 11 is 8.09. The van der Waals surface area contributed by atoms with Crippen molar-refractivity contribution in [2.24, 2.45) is 5.92 Å². The number of nitrogens with two attached hydrogens (primary N) is 1. The summed E-state index contributed by atoms with van der Waals surface area (Å²) in [7, 11) is 4.00. The quantitative estimate of drug-likeness (QED) is 0.476. The third-order valence-corrected chi connectivity index (χ3v) is 8.08. The number of hydrogen-bond donors (Lipinski definition) is 3. The summed E-state index contributed by atoms with van der Waals surface area (Å²) in [6, 6.07) is 5.99. The van der Waals surface area contributed by atoms with E-state index in [0.29, 0.717) is 22.8 Å². The van der Waals surface area contributed by atoms with Gasteiger partial charge >= 0.3 is 0 Å². The van der Waals surface area contributed by atoms with Crippen molar-refractivity contribution in [3.63, 3.8) is 0 Å². The first kappa shape index (κ1) is 21.3. The predicted molar refractivity (Wildman–Crippen MR) is 129 cm³/mol. The van der Waals surface area contributed by atoms with Crippen molar-refractivity contribution >= 4 is 50.6 Å². The maximum absolute atomic E-state index is 10.5. The number of rotatable bonds is 4. The van der Waals surface area contributed by atoms with E-state index in [4.69, 9.17) is 31.8 Å². The first-order chi connectivity index (χ1) is 15.6. The number of aromatic nitrogens is 3. The van der Waals surface area contributed by atoms with Crippen LogP contribution in [0.3, 0.4) is 0 Å². The Balaban J connectivity index is 1.38. The number of nitrogen functional groups attached to an aromatic ring is 1. The number of hydrogen-bond acceptors (Lipinski definition) is 10. The number of anilines is 3. The fraction of sp³-hybridized carbons (Fsp3) is 0.500. The summed E-state index contributed by atoms with van der Waals surface area (Å²) in [6.07, 6.45) is -0.140. The zero-order valence-electron chi connectivity index (χ0n) is 18.7. The number of fused-ring (bicyclic) bond motifs is 1. The van der Waals surface area contributed by atoms with Gasteiger partial charge in [0, 0.05) is 25.7 Å². The minimum Gasteiger partial charge on any atom is -0.390 e. The van der Waals surface area contributed by atoms with Gasteiger partial charge in [-0.1, -0.05) is 11.6 Å². The predicted octanol–water partition coefficient (Wildman–Crippen LogP) is 3.12. The van der Waals surface area contributed by atoms with Crippen molar-refractivity contribution in [2.75, 3.05) is 30.0 Å². The van der Waals surface area contributed by atoms with Crippen LogP contribution in [0.1, 0.15) is 20.3 Å². The van der Waals surface area contributed by atoms with Crippen LogP contribution in [0, 0.1) is 5.92 Å². The molecule has 0 radical (unpaired) electrons. The van der Waals surface area contributed by atoms with Crippen LogP contribution in [0.15, 0.2) is 18.2 Å². The van der Waals surface area contributed by atoms with Crippen molar-refractivity contribution in [3.05, 3.63) is 23.4 Å². The minimum atomic E-state index is -0.761. The zero-order chi connectivity index (χ0) is 23.3. The monoisotopic (exact) mass is 488 g/mol. The molecule has 3 aromatic rings. The molecule has 2 aromatic heterocycles. The Bertz CT molecular complexity index is 1280. The lowest BCUT2D eigenvalue weighted by atomic mass is 10.1. The van der Waals surface area contributed by atoms with E-state index in [1.54, 1.807) is 0 Å². The number of benzene rings is 1. The van der Waals surface area contributed by atoms with Gasteiger partial charge in [-0.3, -0.25) is 0 Å². The smallest absolute Gasteiger partial charge is 0.223 e. The minimum absolute atomic E-state index is 0.0202. The Hall–Kier alpha value is -2.24. The van der Waals surface area contributed by atoms with Gasteiger partial charge in [0.2, 0.25) is 5.95 Å². The van der Waals surface area contributed by atoms with Gasteiger partial charge < -0.3 is 30.5 Å². The average Bonchev–Trinajstić information content (AvgIpc) is 3.09. The van der Waals surface area contributed by atoms with Gasteiger partial charge in [0.15, 0.2) is 5.79 Å². The number of thiazole rings is 1. The van der Waals surface area contributed by atoms with Crippen LogP contribution in [-0.4, -0.2) is 63.8 Å². The first-order valence-corrected chi connectivity index (χ1v) is 12.0. The third-order valence-electron chi connectivity index (χ3n) is 6.77. The van der Waals surface area contributed by atoms with Gasteiger partial charge in [0.25, 0.3) is 0 Å². The highest BCUT2D eigenvalue weighted by atomic mass is 35.5. The number of nitrogens with one attached hydrogen (secondary N) is 1. The van der Waals surface area contributed by atoms with Gasteiger partial charge in [-0.15, -0.1) is 11.3 Å². The van der Waals surface area contributed by atoms with Crippen LogP contribution in [0.5, 0.6) is 0 Å². The Morgan fingerprint density at radius 1 is 1.27 bits per heavy atom. The molecular formula is C22H25ClN6O3S. The molecule has 9 nitrogen and oxygen atoms in total. The fourth-order valence-electron chi connectivity index (χ4n) is 5.32. The molecule has 1 aliphatic heterocycles. The molecule has 1 aromatic carbocycles. The van der Waals surface area contributed by atoms with E-state index < -0.39 is 17.5 Å². The molecule has 0 amide bonds. The Kier molecular flexibility index (Phi) is 4.45. The van der Waals surface area contributed by atoms with Gasteiger partial charge in [-0.2, -0.15) is 4.98 Å². The van der Waals surface area contributed by atoms with E-state index in [9.17, 15) is 5.11 Å². The van der Waals surface area contributed by atoms with Crippen LogP contribution in [-0.2, 0) is 9.47 Å². The second-order valence-electron chi connectivity index (χ2n) is 9.59. The Morgan fingerprint density at radius 2 is 2.06 bits per heavy atom. The molecule has 6 rings (SSSR count). The molecule has 33 heavy (non-hydrogen) atoms. The second kappa shape index (κ2) is 6.89. The molecule has 174 valence electrons. The maximum atomic E-state index is 10.5. The van der Waals surface area contributed by atoms with Crippen molar-refractivity contribution in [3.8, 4) is 10.6 Å². The fourth-order valence-corrected chi connectivity index (χ4v) is 6.68. The van der Waals surface area contributed by atoms with Crippen LogP contribution in [0.4, 0.5) is 17.5 Å². The summed E-state index contributed by atoms with van der Waals surface area (Å²) in [5, 5.41) is 14.9. The number of nitrogens with zero attached hydrogens (tertiary/aromatic N) is 4. The SMILES string of the molecule is CN(C)c1ccc2nc(-c3c(Cl)nc(N)nc3NC3CC4C(O)C45OC(C)(C)OC35)sc2c1. The standard InChI is InChI=1S/C22H25ClN6O3S/c1-21(2)31-16-12(8-10-15(30)22(10,16)32-21)25-18-14(17(23)27-20(24)28-18)19-26-11-6-5-9(29(3)4)7-13(11)33-19/h5-7,10,12,15-16,30H,8H2,1-4H3,(H3,24,25,27,28). The van der Waals surface area contributed by atoms with E-state index >= 15 is 0 Å². The van der Waals surface area contributed by atoms with E-state index in [2.05, 4.69) is 21.4 Å². The zero-order valence-corrected chi connectivity index (χ0v) is 20.2. The molecule has 1 saturated heterocycles. The maximum Gasteiger partial charge on any atom is 0.223 e. The molecule has 2 aliphatic carbocycles. The molecule has 5 unspecified atom stereocenters. The molecule has 4 N–H and O–H groups in total. The van der Waals surface area contributed by atoms with Crippen LogP contribution in [0.2, 0.25) is 5.15 Å². The van der Waals surface area contributed by atoms with E-state index in [-0.39, 0.29) is 29.2 Å². The largest absolute Gasteiger partial charge is 0.390 e. The van der Waals surface area contributed by atoms with Gasteiger partial charge in [-0.25, -0.2) is 9.97 Å². The van der Waals surface area contributed by atoms with Gasteiger partial charge in [-0.05, 0) is 38.5 Å². The summed E-state index contributed by atoms with van der Waals surface area (Å²) in [5.74, 6) is -0.164. The molecule has 3 fully saturated rings. The number of aliphatic hydroxyl groups is 1. The number of aliphatic hydroxyl groups excluding tert-OH is 1. The topological polar surface area (TPSA) is 119 Å². The average molecular weight is 489 g/mol. The molecule has 5 atom stereocenters. The summed E-state index contributed by atoms with van der Waals surface area (Å²) < 4.78 is 13.4. The molecule has 11 heteroatoms. The number of ether oxygens (including phenoxy) is 2. The molecular weight excluding hydrogens is 464 g/mol. The highest BCUT2D eigenvalue weighted by Crippen LogP contribution is 2.65. The molecule has 3 aliphatic rings. The van der Waals surface area contributed by atoms with Gasteiger partial charge in [0.05, 0.1) is 27.9 Å². The lowest BCUT2D eigenvalue weighted by Crippen LogP contribution is -2.40. The Labute approximate surface area is 199 Å². The van der Waals surface area contributed by atoms with Crippen molar-refractivity contribution < 1.29 is 14.6 Å². The highest BCUT2D eigenvalue weighted by Gasteiger charge is 2.81. The van der Waals surface area contributed by atoms with Crippen LogP contribution in [0.25, 0.3) is 20.8 Å². The summed E-state index contributed by atoms with van der Waals surface area (Å²) in [5.41, 5.74) is 7.85. The molecule has 2 saturated carbocycles. The van der Waals surface area contributed by atoms with Crippen LogP contribution < -0.4 is 16.0 Å². The molecule has 0 bridgehead atoms.